The predicted octanol–water partition coefficient (Wildman–Crippen LogP) is 4.34. The summed E-state index contributed by atoms with van der Waals surface area (Å²) in [6.07, 6.45) is 1.72. The lowest BCUT2D eigenvalue weighted by Crippen LogP contribution is -1.93. The Bertz CT molecular complexity index is 526. The second-order valence-corrected chi connectivity index (χ2v) is 4.70. The number of aryl methyl sites for hydroxylation is 1. The molecular weight excluding hydrogens is 294 g/mol. The van der Waals surface area contributed by atoms with Gasteiger partial charge in [0.1, 0.15) is 11.5 Å². The zero-order valence-corrected chi connectivity index (χ0v) is 11.9. The molecule has 0 spiro atoms. The highest BCUT2D eigenvalue weighted by atomic mass is 79.9. The highest BCUT2D eigenvalue weighted by Crippen LogP contribution is 2.26. The maximum absolute atomic E-state index is 5.71. The molecule has 0 N–H and O–H groups in total. The van der Waals surface area contributed by atoms with E-state index in [4.69, 9.17) is 9.47 Å². The Kier molecular flexibility index (Phi) is 4.20. The molecule has 0 amide bonds. The van der Waals surface area contributed by atoms with Crippen LogP contribution in [0.2, 0.25) is 0 Å². The van der Waals surface area contributed by atoms with Crippen LogP contribution in [0.5, 0.6) is 17.4 Å². The van der Waals surface area contributed by atoms with Crippen molar-refractivity contribution in [2.45, 2.75) is 13.8 Å². The minimum absolute atomic E-state index is 0.613. The monoisotopic (exact) mass is 307 g/mol. The first-order chi connectivity index (χ1) is 8.69. The van der Waals surface area contributed by atoms with Crippen LogP contribution in [0.4, 0.5) is 0 Å². The van der Waals surface area contributed by atoms with Gasteiger partial charge in [-0.05, 0) is 60.1 Å². The molecule has 2 rings (SSSR count). The molecule has 0 saturated heterocycles. The maximum Gasteiger partial charge on any atom is 0.222 e. The van der Waals surface area contributed by atoms with Crippen molar-refractivity contribution >= 4 is 15.9 Å². The smallest absolute Gasteiger partial charge is 0.222 e. The van der Waals surface area contributed by atoms with E-state index < -0.39 is 0 Å². The lowest BCUT2D eigenvalue weighted by atomic mass is 10.3. The number of nitrogens with zero attached hydrogens (tertiary/aromatic N) is 1. The Balaban J connectivity index is 2.13. The highest BCUT2D eigenvalue weighted by molar-refractivity contribution is 9.10. The molecule has 0 unspecified atom stereocenters. The van der Waals surface area contributed by atoms with Crippen LogP contribution in [-0.4, -0.2) is 11.6 Å². The van der Waals surface area contributed by atoms with Crippen molar-refractivity contribution in [3.05, 3.63) is 46.6 Å². The first-order valence-corrected chi connectivity index (χ1v) is 6.51. The number of rotatable bonds is 4. The summed E-state index contributed by atoms with van der Waals surface area (Å²) in [5, 5.41) is 0. The number of benzene rings is 1. The van der Waals surface area contributed by atoms with Crippen LogP contribution in [0.3, 0.4) is 0 Å². The number of ether oxygens (including phenoxy) is 2. The third-order valence-electron chi connectivity index (χ3n) is 2.35. The molecule has 0 aliphatic rings. The van der Waals surface area contributed by atoms with Crippen molar-refractivity contribution in [3.8, 4) is 17.4 Å². The lowest BCUT2D eigenvalue weighted by Gasteiger charge is -2.08. The van der Waals surface area contributed by atoms with E-state index in [1.807, 2.05) is 44.2 Å². The highest BCUT2D eigenvalue weighted by Gasteiger charge is 2.04. The third kappa shape index (κ3) is 3.23. The minimum Gasteiger partial charge on any atom is -0.494 e. The van der Waals surface area contributed by atoms with Crippen LogP contribution in [-0.2, 0) is 0 Å². The normalized spacial score (nSPS) is 10.2. The molecule has 1 aromatic heterocycles. The second-order valence-electron chi connectivity index (χ2n) is 3.78. The van der Waals surface area contributed by atoms with E-state index in [1.54, 1.807) is 6.20 Å². The van der Waals surface area contributed by atoms with Crippen LogP contribution in [0.15, 0.2) is 41.0 Å². The molecule has 0 aliphatic carbocycles. The fraction of sp³-hybridized carbons (Fsp3) is 0.214. The van der Waals surface area contributed by atoms with E-state index in [1.165, 1.54) is 0 Å². The Labute approximate surface area is 115 Å². The van der Waals surface area contributed by atoms with Gasteiger partial charge >= 0.3 is 0 Å². The molecule has 1 aromatic carbocycles. The summed E-state index contributed by atoms with van der Waals surface area (Å²) < 4.78 is 12.0. The Hall–Kier alpha value is -1.55. The van der Waals surface area contributed by atoms with Crippen molar-refractivity contribution in [3.63, 3.8) is 0 Å². The van der Waals surface area contributed by atoms with Gasteiger partial charge in [0.05, 0.1) is 6.61 Å². The first-order valence-electron chi connectivity index (χ1n) is 5.72. The van der Waals surface area contributed by atoms with Crippen molar-refractivity contribution in [1.82, 2.24) is 4.98 Å². The van der Waals surface area contributed by atoms with E-state index >= 15 is 0 Å². The summed E-state index contributed by atoms with van der Waals surface area (Å²) in [7, 11) is 0. The van der Waals surface area contributed by atoms with Crippen LogP contribution < -0.4 is 9.47 Å². The van der Waals surface area contributed by atoms with Gasteiger partial charge in [0, 0.05) is 16.2 Å². The van der Waals surface area contributed by atoms with Gasteiger partial charge in [-0.25, -0.2) is 4.98 Å². The number of pyridine rings is 1. The minimum atomic E-state index is 0.613. The van der Waals surface area contributed by atoms with Gasteiger partial charge in [-0.15, -0.1) is 0 Å². The van der Waals surface area contributed by atoms with Crippen LogP contribution in [0.25, 0.3) is 0 Å². The van der Waals surface area contributed by atoms with E-state index in [2.05, 4.69) is 20.9 Å². The van der Waals surface area contributed by atoms with Crippen LogP contribution in [0.1, 0.15) is 12.5 Å². The summed E-state index contributed by atoms with van der Waals surface area (Å²) >= 11 is 3.37. The fourth-order valence-corrected chi connectivity index (χ4v) is 1.96. The first kappa shape index (κ1) is 12.9. The lowest BCUT2D eigenvalue weighted by molar-refractivity contribution is 0.339. The van der Waals surface area contributed by atoms with Crippen molar-refractivity contribution < 1.29 is 9.47 Å². The van der Waals surface area contributed by atoms with E-state index in [9.17, 15) is 0 Å². The molecule has 0 bridgehead atoms. The van der Waals surface area contributed by atoms with E-state index in [-0.39, 0.29) is 0 Å². The fourth-order valence-electron chi connectivity index (χ4n) is 1.52. The number of hydrogen-bond donors (Lipinski definition) is 0. The van der Waals surface area contributed by atoms with E-state index in [0.29, 0.717) is 12.5 Å². The van der Waals surface area contributed by atoms with Crippen LogP contribution in [0, 0.1) is 6.92 Å². The zero-order chi connectivity index (χ0) is 13.0. The molecular formula is C14H14BrNO2. The SMILES string of the molecule is CCOc1ccc(Oc2ncc(Br)cc2C)cc1. The van der Waals surface area contributed by atoms with Crippen molar-refractivity contribution in [2.75, 3.05) is 6.61 Å². The molecule has 0 fully saturated rings. The van der Waals surface area contributed by atoms with Gasteiger partial charge in [-0.2, -0.15) is 0 Å². The number of hydrogen-bond acceptors (Lipinski definition) is 3. The largest absolute Gasteiger partial charge is 0.494 e. The summed E-state index contributed by atoms with van der Waals surface area (Å²) in [4.78, 5) is 4.23. The quantitative estimate of drug-likeness (QED) is 0.842. The molecule has 1 heterocycles. The Morgan fingerprint density at radius 3 is 2.44 bits per heavy atom. The standard InChI is InChI=1S/C14H14BrNO2/c1-3-17-12-4-6-13(7-5-12)18-14-10(2)8-11(15)9-16-14/h4-9H,3H2,1-2H3. The molecule has 3 nitrogen and oxygen atoms in total. The van der Waals surface area contributed by atoms with Crippen molar-refractivity contribution in [2.24, 2.45) is 0 Å². The molecule has 94 valence electrons. The van der Waals surface area contributed by atoms with Gasteiger partial charge in [0.25, 0.3) is 0 Å². The van der Waals surface area contributed by atoms with Gasteiger partial charge in [-0.3, -0.25) is 0 Å². The summed E-state index contributed by atoms with van der Waals surface area (Å²) in [5.74, 6) is 2.20. The third-order valence-corrected chi connectivity index (χ3v) is 2.78. The topological polar surface area (TPSA) is 31.4 Å². The van der Waals surface area contributed by atoms with Crippen molar-refractivity contribution in [1.29, 1.82) is 0 Å². The molecule has 0 saturated carbocycles. The average molecular weight is 308 g/mol. The van der Waals surface area contributed by atoms with Gasteiger partial charge in [0.15, 0.2) is 0 Å². The van der Waals surface area contributed by atoms with Gasteiger partial charge < -0.3 is 9.47 Å². The summed E-state index contributed by atoms with van der Waals surface area (Å²) in [6.45, 7) is 4.58. The Morgan fingerprint density at radius 2 is 1.83 bits per heavy atom. The average Bonchev–Trinajstić information content (AvgIpc) is 2.35. The Morgan fingerprint density at radius 1 is 1.17 bits per heavy atom. The molecule has 0 aliphatic heterocycles. The number of halogens is 1. The maximum atomic E-state index is 5.71. The molecule has 18 heavy (non-hydrogen) atoms. The van der Waals surface area contributed by atoms with Gasteiger partial charge in [-0.1, -0.05) is 0 Å². The molecule has 2 aromatic rings. The molecule has 4 heteroatoms. The zero-order valence-electron chi connectivity index (χ0n) is 10.3. The predicted molar refractivity (Wildman–Crippen MR) is 74.4 cm³/mol. The summed E-state index contributed by atoms with van der Waals surface area (Å²) in [5.41, 5.74) is 0.984. The molecule has 0 radical (unpaired) electrons. The molecule has 0 atom stereocenters. The number of aromatic nitrogens is 1. The van der Waals surface area contributed by atoms with E-state index in [0.717, 1.165) is 21.5 Å². The van der Waals surface area contributed by atoms with Gasteiger partial charge in [0.2, 0.25) is 5.88 Å². The summed E-state index contributed by atoms with van der Waals surface area (Å²) in [6, 6.07) is 9.47. The second kappa shape index (κ2) is 5.87. The van der Waals surface area contributed by atoms with Crippen LogP contribution >= 0.6 is 15.9 Å².